The quantitative estimate of drug-likeness (QED) is 0.184. The molecule has 4 bridgehead atoms. The highest BCUT2D eigenvalue weighted by Crippen LogP contribution is 2.70. The molecule has 2 nitrogen and oxygen atoms in total. The lowest BCUT2D eigenvalue weighted by molar-refractivity contribution is -0.0399. The van der Waals surface area contributed by atoms with Gasteiger partial charge in [-0.3, -0.25) is 0 Å². The van der Waals surface area contributed by atoms with Gasteiger partial charge in [0.1, 0.15) is 11.2 Å². The predicted octanol–water partition coefficient (Wildman–Crippen LogP) is 13.6. The van der Waals surface area contributed by atoms with Crippen molar-refractivity contribution in [2.75, 3.05) is 4.90 Å². The minimum Gasteiger partial charge on any atom is -0.456 e. The van der Waals surface area contributed by atoms with E-state index < -0.39 is 0 Å². The van der Waals surface area contributed by atoms with E-state index in [1.807, 2.05) is 0 Å². The Morgan fingerprint density at radius 2 is 1.13 bits per heavy atom. The molecule has 7 aliphatic carbocycles. The Hall–Kier alpha value is -5.08. The second kappa shape index (κ2) is 10.3. The lowest BCUT2D eigenvalue weighted by Crippen LogP contribution is -2.55. The molecule has 0 aliphatic heterocycles. The van der Waals surface area contributed by atoms with Gasteiger partial charge in [0.2, 0.25) is 0 Å². The van der Waals surface area contributed by atoms with Crippen LogP contribution >= 0.6 is 0 Å². The van der Waals surface area contributed by atoms with Crippen molar-refractivity contribution in [3.63, 3.8) is 0 Å². The van der Waals surface area contributed by atoms with Crippen LogP contribution in [0.15, 0.2) is 132 Å². The van der Waals surface area contributed by atoms with Crippen LogP contribution in [-0.4, -0.2) is 0 Å². The summed E-state index contributed by atoms with van der Waals surface area (Å²) < 4.78 is 6.38. The topological polar surface area (TPSA) is 16.4 Å². The zero-order valence-corrected chi connectivity index (χ0v) is 30.2. The molecule has 1 heterocycles. The molecule has 7 aromatic rings. The zero-order valence-electron chi connectivity index (χ0n) is 30.2. The summed E-state index contributed by atoms with van der Waals surface area (Å²) in [6.45, 7) is 0. The molecule has 0 atom stereocenters. The van der Waals surface area contributed by atoms with Crippen LogP contribution in [0.25, 0.3) is 44.2 Å². The van der Waals surface area contributed by atoms with E-state index >= 15 is 0 Å². The van der Waals surface area contributed by atoms with E-state index in [9.17, 15) is 0 Å². The highest BCUT2D eigenvalue weighted by Gasteiger charge is 2.62. The van der Waals surface area contributed by atoms with Crippen molar-refractivity contribution in [3.8, 4) is 22.3 Å². The Kier molecular flexibility index (Phi) is 5.72. The summed E-state index contributed by atoms with van der Waals surface area (Å²) in [6.07, 6.45) is 12.2. The molecule has 53 heavy (non-hydrogen) atoms. The van der Waals surface area contributed by atoms with Crippen molar-refractivity contribution in [1.82, 2.24) is 0 Å². The Balaban J connectivity index is 1.08. The van der Waals surface area contributed by atoms with Gasteiger partial charge >= 0.3 is 0 Å². The highest BCUT2D eigenvalue weighted by atomic mass is 16.3. The van der Waals surface area contributed by atoms with Crippen molar-refractivity contribution in [2.24, 2.45) is 23.7 Å². The molecule has 2 spiro atoms. The van der Waals surface area contributed by atoms with E-state index in [4.69, 9.17) is 4.42 Å². The second-order valence-electron chi connectivity index (χ2n) is 17.6. The molecule has 2 heteroatoms. The molecular weight excluding hydrogens is 643 g/mol. The number of anilines is 3. The fourth-order valence-electron chi connectivity index (χ4n) is 13.8. The standard InChI is InChI=1S/C51H43NO/c1-4-13-42-37(10-1)40-29-35(18-20-43(40)50(42)22-7-8-23-50)52(36-19-21-48-41(30-36)38-11-3-6-17-47(38)53-48)46-16-9-15-45-49(46)39-12-2-5-14-44(39)51(45)33-25-31-24-32(27-33)28-34(51)26-31/h1-6,9-21,29-34H,7-8,22-28H2. The highest BCUT2D eigenvalue weighted by molar-refractivity contribution is 6.07. The minimum atomic E-state index is 0.122. The summed E-state index contributed by atoms with van der Waals surface area (Å²) in [5.41, 5.74) is 17.9. The van der Waals surface area contributed by atoms with Gasteiger partial charge in [0.25, 0.3) is 0 Å². The number of para-hydroxylation sites is 1. The first-order valence-electron chi connectivity index (χ1n) is 20.4. The van der Waals surface area contributed by atoms with Gasteiger partial charge in [-0.2, -0.15) is 0 Å². The van der Waals surface area contributed by atoms with E-state index in [-0.39, 0.29) is 10.8 Å². The van der Waals surface area contributed by atoms with Crippen molar-refractivity contribution in [3.05, 3.63) is 150 Å². The minimum absolute atomic E-state index is 0.122. The largest absolute Gasteiger partial charge is 0.456 e. The number of nitrogens with zero attached hydrogens (tertiary/aromatic N) is 1. The summed E-state index contributed by atoms with van der Waals surface area (Å²) in [6, 6.07) is 49.1. The van der Waals surface area contributed by atoms with E-state index in [2.05, 4.69) is 132 Å². The monoisotopic (exact) mass is 685 g/mol. The average Bonchev–Trinajstić information content (AvgIpc) is 3.96. The summed E-state index contributed by atoms with van der Waals surface area (Å²) >= 11 is 0. The van der Waals surface area contributed by atoms with Crippen molar-refractivity contribution >= 4 is 39.0 Å². The van der Waals surface area contributed by atoms with Crippen LogP contribution in [0.2, 0.25) is 0 Å². The Morgan fingerprint density at radius 1 is 0.491 bits per heavy atom. The van der Waals surface area contributed by atoms with E-state index in [1.54, 1.807) is 16.7 Å². The average molecular weight is 686 g/mol. The Morgan fingerprint density at radius 3 is 1.96 bits per heavy atom. The van der Waals surface area contributed by atoms with Gasteiger partial charge in [-0.25, -0.2) is 0 Å². The lowest BCUT2D eigenvalue weighted by atomic mass is 9.43. The predicted molar refractivity (Wildman–Crippen MR) is 216 cm³/mol. The van der Waals surface area contributed by atoms with Crippen molar-refractivity contribution in [2.45, 2.75) is 68.6 Å². The molecule has 0 unspecified atom stereocenters. The van der Waals surface area contributed by atoms with Gasteiger partial charge in [-0.15, -0.1) is 0 Å². The SMILES string of the molecule is c1ccc2c(c1)-c1cc(N(c3ccc4oc5ccccc5c4c3)c3cccc4c3-c3ccccc3C43C4CC5CC(C4)CC3C5)ccc1C21CCCC1. The number of hydrogen-bond donors (Lipinski definition) is 0. The number of rotatable bonds is 3. The third kappa shape index (κ3) is 3.66. The maximum absolute atomic E-state index is 6.38. The molecule has 0 N–H and O–H groups in total. The molecule has 6 aromatic carbocycles. The van der Waals surface area contributed by atoms with Gasteiger partial charge in [0.05, 0.1) is 5.69 Å². The third-order valence-electron chi connectivity index (χ3n) is 15.4. The number of hydrogen-bond acceptors (Lipinski definition) is 2. The zero-order chi connectivity index (χ0) is 34.5. The second-order valence-corrected chi connectivity index (χ2v) is 17.6. The van der Waals surface area contributed by atoms with Crippen LogP contribution in [0.5, 0.6) is 0 Å². The van der Waals surface area contributed by atoms with Crippen LogP contribution in [0.3, 0.4) is 0 Å². The normalized spacial score (nSPS) is 26.4. The Labute approximate surface area is 311 Å². The summed E-state index contributed by atoms with van der Waals surface area (Å²) in [5, 5.41) is 2.34. The van der Waals surface area contributed by atoms with Crippen LogP contribution in [-0.2, 0) is 10.8 Å². The maximum atomic E-state index is 6.38. The first kappa shape index (κ1) is 29.4. The fraction of sp³-hybridized carbons (Fsp3) is 0.294. The smallest absolute Gasteiger partial charge is 0.135 e. The van der Waals surface area contributed by atoms with Crippen LogP contribution in [0, 0.1) is 23.7 Å². The van der Waals surface area contributed by atoms with Gasteiger partial charge in [-0.05, 0) is 150 Å². The molecule has 5 saturated carbocycles. The molecule has 0 amide bonds. The molecule has 0 radical (unpaired) electrons. The lowest BCUT2D eigenvalue weighted by Gasteiger charge is -2.61. The first-order valence-corrected chi connectivity index (χ1v) is 20.4. The van der Waals surface area contributed by atoms with E-state index in [0.29, 0.717) is 0 Å². The maximum Gasteiger partial charge on any atom is 0.135 e. The molecule has 0 saturated heterocycles. The van der Waals surface area contributed by atoms with Gasteiger partial charge < -0.3 is 9.32 Å². The summed E-state index contributed by atoms with van der Waals surface area (Å²) in [4.78, 5) is 2.61. The van der Waals surface area contributed by atoms with E-state index in [0.717, 1.165) is 34.8 Å². The summed E-state index contributed by atoms with van der Waals surface area (Å²) in [5.74, 6) is 3.32. The third-order valence-corrected chi connectivity index (χ3v) is 15.4. The first-order chi connectivity index (χ1) is 26.2. The van der Waals surface area contributed by atoms with Crippen LogP contribution in [0.4, 0.5) is 17.1 Å². The molecule has 5 fully saturated rings. The summed E-state index contributed by atoms with van der Waals surface area (Å²) in [7, 11) is 0. The van der Waals surface area contributed by atoms with Gasteiger partial charge in [0.15, 0.2) is 0 Å². The molecule has 1 aromatic heterocycles. The molecule has 7 aliphatic rings. The molecular formula is C51H43NO. The number of benzene rings is 6. The molecule has 258 valence electrons. The van der Waals surface area contributed by atoms with Crippen LogP contribution < -0.4 is 4.90 Å². The van der Waals surface area contributed by atoms with Gasteiger partial charge in [-0.1, -0.05) is 97.8 Å². The number of fused-ring (bicyclic) bond motifs is 11. The van der Waals surface area contributed by atoms with Crippen molar-refractivity contribution < 1.29 is 4.42 Å². The van der Waals surface area contributed by atoms with Gasteiger partial charge in [0, 0.05) is 38.5 Å². The fourth-order valence-corrected chi connectivity index (χ4v) is 13.8. The van der Waals surface area contributed by atoms with E-state index in [1.165, 1.54) is 113 Å². The van der Waals surface area contributed by atoms with Crippen molar-refractivity contribution in [1.29, 1.82) is 0 Å². The van der Waals surface area contributed by atoms with Crippen LogP contribution in [0.1, 0.15) is 80.0 Å². The molecule has 14 rings (SSSR count). The Bertz CT molecular complexity index is 2640. The number of furan rings is 1.